The summed E-state index contributed by atoms with van der Waals surface area (Å²) in [5.74, 6) is 0.270. The van der Waals surface area contributed by atoms with E-state index >= 15 is 0 Å². The van der Waals surface area contributed by atoms with Crippen molar-refractivity contribution in [2.75, 3.05) is 24.1 Å². The number of pyridine rings is 1. The largest absolute Gasteiger partial charge is 0.380 e. The first-order valence-corrected chi connectivity index (χ1v) is 7.83. The van der Waals surface area contributed by atoms with Crippen LogP contribution in [0.4, 0.5) is 11.6 Å². The topological polar surface area (TPSA) is 105 Å². The second-order valence-corrected chi connectivity index (χ2v) is 5.77. The van der Waals surface area contributed by atoms with Crippen LogP contribution in [-0.4, -0.2) is 39.1 Å². The van der Waals surface area contributed by atoms with Gasteiger partial charge in [-0.2, -0.15) is 0 Å². The third-order valence-corrected chi connectivity index (χ3v) is 4.18. The molecule has 23 heavy (non-hydrogen) atoms. The number of hydrogen-bond acceptors (Lipinski definition) is 6. The van der Waals surface area contributed by atoms with Crippen molar-refractivity contribution in [3.63, 3.8) is 0 Å². The normalized spacial score (nSPS) is 18.2. The molecule has 1 fully saturated rings. The standard InChI is InChI=1S/C16H19N7/c17-16-20-7-3-12(23-16)11-9-21-15-14(11)13(4-6-19-15)22-10-2-1-5-18-8-10/h3-4,6-7,9-10,18H,1-2,5,8H2,(H2,17,20,23)(H2,19,21,22). The molecule has 4 heterocycles. The van der Waals surface area contributed by atoms with E-state index in [2.05, 4.69) is 30.6 Å². The lowest BCUT2D eigenvalue weighted by Crippen LogP contribution is -2.38. The van der Waals surface area contributed by atoms with Crippen LogP contribution in [0.5, 0.6) is 0 Å². The Morgan fingerprint density at radius 1 is 1.22 bits per heavy atom. The molecule has 7 heteroatoms. The number of nitrogens with one attached hydrogen (secondary N) is 3. The number of aromatic amines is 1. The van der Waals surface area contributed by atoms with Gasteiger partial charge in [0.25, 0.3) is 0 Å². The number of piperidine rings is 1. The molecule has 0 amide bonds. The minimum atomic E-state index is 0.270. The van der Waals surface area contributed by atoms with Crippen molar-refractivity contribution in [3.8, 4) is 11.3 Å². The molecule has 5 N–H and O–H groups in total. The first-order chi connectivity index (χ1) is 11.3. The van der Waals surface area contributed by atoms with Crippen LogP contribution in [0.25, 0.3) is 22.3 Å². The van der Waals surface area contributed by atoms with Crippen molar-refractivity contribution in [3.05, 3.63) is 30.7 Å². The molecule has 3 aromatic rings. The van der Waals surface area contributed by atoms with Gasteiger partial charge in [-0.1, -0.05) is 0 Å². The van der Waals surface area contributed by atoms with E-state index in [1.54, 1.807) is 6.20 Å². The number of hydrogen-bond donors (Lipinski definition) is 4. The highest BCUT2D eigenvalue weighted by Crippen LogP contribution is 2.32. The van der Waals surface area contributed by atoms with E-state index in [0.29, 0.717) is 6.04 Å². The van der Waals surface area contributed by atoms with Crippen LogP contribution >= 0.6 is 0 Å². The van der Waals surface area contributed by atoms with E-state index in [4.69, 9.17) is 5.73 Å². The molecule has 0 radical (unpaired) electrons. The Kier molecular flexibility index (Phi) is 3.55. The van der Waals surface area contributed by atoms with Gasteiger partial charge in [-0.05, 0) is 31.5 Å². The Hall–Kier alpha value is -2.67. The highest BCUT2D eigenvalue weighted by molar-refractivity contribution is 6.01. The van der Waals surface area contributed by atoms with Crippen LogP contribution in [-0.2, 0) is 0 Å². The molecular weight excluding hydrogens is 290 g/mol. The summed E-state index contributed by atoms with van der Waals surface area (Å²) in [5.41, 5.74) is 9.40. The maximum Gasteiger partial charge on any atom is 0.220 e. The molecule has 0 saturated carbocycles. The van der Waals surface area contributed by atoms with E-state index in [1.165, 1.54) is 6.42 Å². The second kappa shape index (κ2) is 5.85. The Labute approximate surface area is 133 Å². The second-order valence-electron chi connectivity index (χ2n) is 5.77. The molecule has 4 rings (SSSR count). The molecule has 1 aliphatic rings. The van der Waals surface area contributed by atoms with Gasteiger partial charge in [0, 0.05) is 42.4 Å². The Bertz CT molecular complexity index is 820. The molecule has 1 aliphatic heterocycles. The summed E-state index contributed by atoms with van der Waals surface area (Å²) in [7, 11) is 0. The average Bonchev–Trinajstić information content (AvgIpc) is 3.01. The molecule has 0 bridgehead atoms. The lowest BCUT2D eigenvalue weighted by atomic mass is 10.1. The molecule has 1 atom stereocenters. The molecule has 7 nitrogen and oxygen atoms in total. The molecule has 0 aliphatic carbocycles. The predicted octanol–water partition coefficient (Wildman–Crippen LogP) is 1.77. The fraction of sp³-hybridized carbons (Fsp3) is 0.312. The summed E-state index contributed by atoms with van der Waals surface area (Å²) < 4.78 is 0. The van der Waals surface area contributed by atoms with E-state index in [1.807, 2.05) is 24.5 Å². The third-order valence-electron chi connectivity index (χ3n) is 4.18. The van der Waals surface area contributed by atoms with Crippen molar-refractivity contribution in [1.29, 1.82) is 0 Å². The third kappa shape index (κ3) is 2.70. The van der Waals surface area contributed by atoms with Gasteiger partial charge in [0.2, 0.25) is 5.95 Å². The number of nitrogens with two attached hydrogens (primary N) is 1. The minimum absolute atomic E-state index is 0.270. The predicted molar refractivity (Wildman–Crippen MR) is 91.0 cm³/mol. The van der Waals surface area contributed by atoms with Crippen LogP contribution in [0.2, 0.25) is 0 Å². The van der Waals surface area contributed by atoms with Crippen LogP contribution in [0, 0.1) is 0 Å². The number of fused-ring (bicyclic) bond motifs is 1. The number of anilines is 2. The Morgan fingerprint density at radius 2 is 2.13 bits per heavy atom. The number of rotatable bonds is 3. The van der Waals surface area contributed by atoms with Gasteiger partial charge < -0.3 is 21.4 Å². The van der Waals surface area contributed by atoms with Gasteiger partial charge >= 0.3 is 0 Å². The monoisotopic (exact) mass is 309 g/mol. The van der Waals surface area contributed by atoms with Crippen LogP contribution in [0.1, 0.15) is 12.8 Å². The van der Waals surface area contributed by atoms with Crippen molar-refractivity contribution in [2.24, 2.45) is 0 Å². The summed E-state index contributed by atoms with van der Waals surface area (Å²) in [4.78, 5) is 15.9. The van der Waals surface area contributed by atoms with Gasteiger partial charge in [0.05, 0.1) is 11.1 Å². The fourth-order valence-electron chi connectivity index (χ4n) is 3.10. The molecule has 0 spiro atoms. The molecule has 3 aromatic heterocycles. The van der Waals surface area contributed by atoms with Crippen LogP contribution < -0.4 is 16.4 Å². The highest BCUT2D eigenvalue weighted by Gasteiger charge is 2.17. The molecule has 118 valence electrons. The van der Waals surface area contributed by atoms with E-state index < -0.39 is 0 Å². The highest BCUT2D eigenvalue weighted by atomic mass is 15.0. The van der Waals surface area contributed by atoms with Crippen molar-refractivity contribution in [2.45, 2.75) is 18.9 Å². The van der Waals surface area contributed by atoms with Gasteiger partial charge in [-0.25, -0.2) is 15.0 Å². The maximum atomic E-state index is 5.72. The van der Waals surface area contributed by atoms with Crippen molar-refractivity contribution >= 4 is 22.7 Å². The lowest BCUT2D eigenvalue weighted by Gasteiger charge is -2.25. The smallest absolute Gasteiger partial charge is 0.220 e. The zero-order valence-corrected chi connectivity index (χ0v) is 12.7. The summed E-state index contributed by atoms with van der Waals surface area (Å²) in [5, 5.41) is 8.10. The Morgan fingerprint density at radius 3 is 2.96 bits per heavy atom. The van der Waals surface area contributed by atoms with Crippen LogP contribution in [0.3, 0.4) is 0 Å². The molecule has 0 aromatic carbocycles. The first kappa shape index (κ1) is 14.0. The Balaban J connectivity index is 1.77. The number of nitrogen functional groups attached to an aromatic ring is 1. The zero-order valence-electron chi connectivity index (χ0n) is 12.7. The zero-order chi connectivity index (χ0) is 15.6. The van der Waals surface area contributed by atoms with Gasteiger partial charge in [-0.15, -0.1) is 0 Å². The maximum absolute atomic E-state index is 5.72. The SMILES string of the molecule is Nc1nccc(-c2c[nH]c3nccc(NC4CCCNC4)c23)n1. The van der Waals surface area contributed by atoms with E-state index in [9.17, 15) is 0 Å². The van der Waals surface area contributed by atoms with Crippen molar-refractivity contribution in [1.82, 2.24) is 25.3 Å². The number of H-pyrrole nitrogens is 1. The van der Waals surface area contributed by atoms with E-state index in [-0.39, 0.29) is 5.95 Å². The first-order valence-electron chi connectivity index (χ1n) is 7.83. The van der Waals surface area contributed by atoms with E-state index in [0.717, 1.165) is 47.5 Å². The minimum Gasteiger partial charge on any atom is -0.380 e. The summed E-state index contributed by atoms with van der Waals surface area (Å²) in [6, 6.07) is 4.30. The molecular formula is C16H19N7. The summed E-state index contributed by atoms with van der Waals surface area (Å²) in [6.45, 7) is 2.07. The van der Waals surface area contributed by atoms with Crippen LogP contribution in [0.15, 0.2) is 30.7 Å². The summed E-state index contributed by atoms with van der Waals surface area (Å²) in [6.07, 6.45) is 7.76. The van der Waals surface area contributed by atoms with Gasteiger partial charge in [0.15, 0.2) is 0 Å². The molecule has 1 saturated heterocycles. The quantitative estimate of drug-likeness (QED) is 0.588. The van der Waals surface area contributed by atoms with Crippen molar-refractivity contribution < 1.29 is 0 Å². The average molecular weight is 309 g/mol. The lowest BCUT2D eigenvalue weighted by molar-refractivity contribution is 0.480. The fourth-order valence-corrected chi connectivity index (χ4v) is 3.10. The van der Waals surface area contributed by atoms with Gasteiger partial charge in [-0.3, -0.25) is 0 Å². The van der Waals surface area contributed by atoms with Gasteiger partial charge in [0.1, 0.15) is 5.65 Å². The summed E-state index contributed by atoms with van der Waals surface area (Å²) >= 11 is 0. The number of aromatic nitrogens is 4. The molecule has 1 unspecified atom stereocenters. The number of nitrogens with zero attached hydrogens (tertiary/aromatic N) is 3.